The number of hydrogen-bond acceptors (Lipinski definition) is 3. The molecule has 0 radical (unpaired) electrons. The van der Waals surface area contributed by atoms with E-state index in [1.807, 2.05) is 12.1 Å². The van der Waals surface area contributed by atoms with Gasteiger partial charge in [0.2, 0.25) is 0 Å². The summed E-state index contributed by atoms with van der Waals surface area (Å²) in [5.41, 5.74) is 6.69. The molecule has 16 heavy (non-hydrogen) atoms. The maximum absolute atomic E-state index is 5.79. The number of halogens is 1. The number of nitrogens with two attached hydrogens (primary N) is 1. The van der Waals surface area contributed by atoms with Crippen LogP contribution in [-0.4, -0.2) is 20.8 Å². The van der Waals surface area contributed by atoms with Crippen LogP contribution in [0.3, 0.4) is 0 Å². The van der Waals surface area contributed by atoms with E-state index in [1.54, 1.807) is 14.2 Å². The molecule has 0 aromatic heterocycles. The fraction of sp³-hybridized carbons (Fsp3) is 0.500. The lowest BCUT2D eigenvalue weighted by Crippen LogP contribution is -2.28. The first-order valence-electron chi connectivity index (χ1n) is 5.08. The quantitative estimate of drug-likeness (QED) is 0.926. The Balaban J connectivity index is 3.42. The van der Waals surface area contributed by atoms with Crippen LogP contribution in [0, 0.1) is 0 Å². The number of hydrogen-bond donors (Lipinski definition) is 1. The number of benzene rings is 1. The summed E-state index contributed by atoms with van der Waals surface area (Å²) in [7, 11) is 3.27. The summed E-state index contributed by atoms with van der Waals surface area (Å²) in [6.45, 7) is 4.70. The molecule has 4 heteroatoms. The first-order chi connectivity index (χ1) is 7.46. The Morgan fingerprint density at radius 3 is 2.31 bits per heavy atom. The second kappa shape index (κ2) is 5.06. The van der Waals surface area contributed by atoms with Crippen molar-refractivity contribution in [2.75, 3.05) is 20.8 Å². The molecule has 0 amide bonds. The maximum atomic E-state index is 5.79. The average Bonchev–Trinajstić information content (AvgIpc) is 2.27. The highest BCUT2D eigenvalue weighted by Gasteiger charge is 2.25. The minimum Gasteiger partial charge on any atom is -0.493 e. The van der Waals surface area contributed by atoms with Gasteiger partial charge in [-0.25, -0.2) is 0 Å². The maximum Gasteiger partial charge on any atom is 0.164 e. The molecule has 0 saturated carbocycles. The highest BCUT2D eigenvalue weighted by atomic mass is 79.9. The molecular formula is C12H18BrNO2. The van der Waals surface area contributed by atoms with Crippen molar-refractivity contribution in [2.24, 2.45) is 5.73 Å². The Labute approximate surface area is 105 Å². The third-order valence-corrected chi connectivity index (χ3v) is 3.14. The lowest BCUT2D eigenvalue weighted by molar-refractivity contribution is 0.343. The van der Waals surface area contributed by atoms with Gasteiger partial charge in [-0.2, -0.15) is 0 Å². The van der Waals surface area contributed by atoms with Gasteiger partial charge in [0.25, 0.3) is 0 Å². The monoisotopic (exact) mass is 287 g/mol. The molecule has 1 aromatic carbocycles. The van der Waals surface area contributed by atoms with Gasteiger partial charge in [0.1, 0.15) is 0 Å². The van der Waals surface area contributed by atoms with Gasteiger partial charge in [0.05, 0.1) is 14.2 Å². The molecular weight excluding hydrogens is 270 g/mol. The molecule has 2 N–H and O–H groups in total. The number of ether oxygens (including phenoxy) is 2. The van der Waals surface area contributed by atoms with E-state index in [9.17, 15) is 0 Å². The molecule has 0 unspecified atom stereocenters. The molecule has 90 valence electrons. The molecule has 0 bridgehead atoms. The molecule has 1 aromatic rings. The second-order valence-electron chi connectivity index (χ2n) is 4.28. The van der Waals surface area contributed by atoms with Crippen molar-refractivity contribution in [3.8, 4) is 11.5 Å². The highest BCUT2D eigenvalue weighted by Crippen LogP contribution is 2.40. The standard InChI is InChI=1S/C12H18BrNO2/c1-12(2,7-14)9-5-8(13)6-10(15-3)11(9)16-4/h5-6H,7,14H2,1-4H3. The van der Waals surface area contributed by atoms with Crippen molar-refractivity contribution in [3.05, 3.63) is 22.2 Å². The fourth-order valence-corrected chi connectivity index (χ4v) is 1.98. The molecule has 0 saturated heterocycles. The fourth-order valence-electron chi connectivity index (χ4n) is 1.54. The lowest BCUT2D eigenvalue weighted by atomic mass is 9.84. The van der Waals surface area contributed by atoms with Crippen LogP contribution in [0.5, 0.6) is 11.5 Å². The summed E-state index contributed by atoms with van der Waals surface area (Å²) in [4.78, 5) is 0. The van der Waals surface area contributed by atoms with E-state index in [4.69, 9.17) is 15.2 Å². The van der Waals surface area contributed by atoms with E-state index < -0.39 is 0 Å². The van der Waals surface area contributed by atoms with E-state index >= 15 is 0 Å². The molecule has 0 aliphatic rings. The Morgan fingerprint density at radius 1 is 1.25 bits per heavy atom. The predicted octanol–water partition coefficient (Wildman–Crippen LogP) is 2.70. The second-order valence-corrected chi connectivity index (χ2v) is 5.19. The van der Waals surface area contributed by atoms with Crippen molar-refractivity contribution >= 4 is 15.9 Å². The molecule has 0 aliphatic heterocycles. The lowest BCUT2D eigenvalue weighted by Gasteiger charge is -2.26. The molecule has 0 fully saturated rings. The predicted molar refractivity (Wildman–Crippen MR) is 69.3 cm³/mol. The zero-order chi connectivity index (χ0) is 12.3. The number of methoxy groups -OCH3 is 2. The van der Waals surface area contributed by atoms with Crippen LogP contribution in [0.1, 0.15) is 19.4 Å². The molecule has 0 aliphatic carbocycles. The van der Waals surface area contributed by atoms with Crippen molar-refractivity contribution < 1.29 is 9.47 Å². The first-order valence-corrected chi connectivity index (χ1v) is 5.87. The van der Waals surface area contributed by atoms with Crippen LogP contribution in [-0.2, 0) is 5.41 Å². The average molecular weight is 288 g/mol. The van der Waals surface area contributed by atoms with Crippen molar-refractivity contribution in [2.45, 2.75) is 19.3 Å². The van der Waals surface area contributed by atoms with Crippen LogP contribution in [0.15, 0.2) is 16.6 Å². The zero-order valence-corrected chi connectivity index (χ0v) is 11.7. The van der Waals surface area contributed by atoms with Gasteiger partial charge < -0.3 is 15.2 Å². The molecule has 0 atom stereocenters. The van der Waals surface area contributed by atoms with Crippen molar-refractivity contribution in [1.29, 1.82) is 0 Å². The van der Waals surface area contributed by atoms with Gasteiger partial charge >= 0.3 is 0 Å². The van der Waals surface area contributed by atoms with Crippen LogP contribution in [0.25, 0.3) is 0 Å². The van der Waals surface area contributed by atoms with E-state index in [-0.39, 0.29) is 5.41 Å². The first kappa shape index (κ1) is 13.3. The van der Waals surface area contributed by atoms with Crippen molar-refractivity contribution in [1.82, 2.24) is 0 Å². The minimum absolute atomic E-state index is 0.150. The molecule has 1 rings (SSSR count). The summed E-state index contributed by atoms with van der Waals surface area (Å²) in [6.07, 6.45) is 0. The number of rotatable bonds is 4. The van der Waals surface area contributed by atoms with E-state index in [1.165, 1.54) is 0 Å². The third kappa shape index (κ3) is 2.50. The SMILES string of the molecule is COc1cc(Br)cc(C(C)(C)CN)c1OC. The van der Waals surface area contributed by atoms with Gasteiger partial charge in [-0.1, -0.05) is 29.8 Å². The van der Waals surface area contributed by atoms with E-state index in [0.29, 0.717) is 12.3 Å². The Kier molecular flexibility index (Phi) is 4.21. The van der Waals surface area contributed by atoms with Gasteiger partial charge in [0.15, 0.2) is 11.5 Å². The van der Waals surface area contributed by atoms with Gasteiger partial charge in [-0.15, -0.1) is 0 Å². The smallest absolute Gasteiger partial charge is 0.164 e. The minimum atomic E-state index is -0.150. The topological polar surface area (TPSA) is 44.5 Å². The Bertz CT molecular complexity index is 378. The Morgan fingerprint density at radius 2 is 1.88 bits per heavy atom. The largest absolute Gasteiger partial charge is 0.493 e. The van der Waals surface area contributed by atoms with Crippen LogP contribution in [0.4, 0.5) is 0 Å². The van der Waals surface area contributed by atoms with E-state index in [0.717, 1.165) is 15.8 Å². The van der Waals surface area contributed by atoms with Crippen LogP contribution < -0.4 is 15.2 Å². The van der Waals surface area contributed by atoms with E-state index in [2.05, 4.69) is 29.8 Å². The summed E-state index contributed by atoms with van der Waals surface area (Å²) >= 11 is 3.46. The summed E-state index contributed by atoms with van der Waals surface area (Å²) < 4.78 is 11.7. The van der Waals surface area contributed by atoms with Gasteiger partial charge in [-0.3, -0.25) is 0 Å². The summed E-state index contributed by atoms with van der Waals surface area (Å²) in [5.74, 6) is 1.47. The van der Waals surface area contributed by atoms with Crippen molar-refractivity contribution in [3.63, 3.8) is 0 Å². The summed E-state index contributed by atoms with van der Waals surface area (Å²) in [5, 5.41) is 0. The zero-order valence-electron chi connectivity index (χ0n) is 10.1. The van der Waals surface area contributed by atoms with Gasteiger partial charge in [0, 0.05) is 22.0 Å². The molecule has 3 nitrogen and oxygen atoms in total. The van der Waals surface area contributed by atoms with Crippen LogP contribution in [0.2, 0.25) is 0 Å². The molecule has 0 spiro atoms. The van der Waals surface area contributed by atoms with Crippen LogP contribution >= 0.6 is 15.9 Å². The Hall–Kier alpha value is -0.740. The van der Waals surface area contributed by atoms with Gasteiger partial charge in [-0.05, 0) is 12.1 Å². The normalized spacial score (nSPS) is 11.4. The molecule has 0 heterocycles. The third-order valence-electron chi connectivity index (χ3n) is 2.68. The highest BCUT2D eigenvalue weighted by molar-refractivity contribution is 9.10. The summed E-state index contributed by atoms with van der Waals surface area (Å²) in [6, 6.07) is 3.91.